The fraction of sp³-hybridized carbons (Fsp3) is 0.455. The van der Waals surface area contributed by atoms with Crippen LogP contribution in [0.5, 0.6) is 0 Å². The van der Waals surface area contributed by atoms with Crippen molar-refractivity contribution in [2.75, 3.05) is 0 Å². The van der Waals surface area contributed by atoms with Gasteiger partial charge in [-0.1, -0.05) is 5.21 Å². The monoisotopic (exact) mass is 249 g/mol. The van der Waals surface area contributed by atoms with Crippen LogP contribution in [-0.2, 0) is 5.54 Å². The highest BCUT2D eigenvalue weighted by atomic mass is 32.1. The summed E-state index contributed by atoms with van der Waals surface area (Å²) in [6, 6.07) is 0. The van der Waals surface area contributed by atoms with Crippen molar-refractivity contribution in [3.05, 3.63) is 22.7 Å². The molecule has 2 aromatic rings. The maximum absolute atomic E-state index is 4.25. The van der Waals surface area contributed by atoms with Gasteiger partial charge >= 0.3 is 0 Å². The van der Waals surface area contributed by atoms with E-state index in [4.69, 9.17) is 0 Å². The summed E-state index contributed by atoms with van der Waals surface area (Å²) in [7, 11) is 0. The molecule has 0 saturated heterocycles. The summed E-state index contributed by atoms with van der Waals surface area (Å²) >= 11 is 1.38. The van der Waals surface area contributed by atoms with Gasteiger partial charge in [-0.05, 0) is 51.4 Å². The van der Waals surface area contributed by atoms with Crippen molar-refractivity contribution in [1.82, 2.24) is 24.4 Å². The predicted octanol–water partition coefficient (Wildman–Crippen LogP) is 2.36. The maximum atomic E-state index is 4.25. The van der Waals surface area contributed by atoms with E-state index in [9.17, 15) is 0 Å². The van der Waals surface area contributed by atoms with Gasteiger partial charge in [-0.15, -0.1) is 5.10 Å². The van der Waals surface area contributed by atoms with Crippen LogP contribution in [-0.4, -0.2) is 24.4 Å². The Morgan fingerprint density at radius 3 is 2.59 bits per heavy atom. The Balaban J connectivity index is 2.14. The van der Waals surface area contributed by atoms with Crippen molar-refractivity contribution in [3.63, 3.8) is 0 Å². The molecule has 0 saturated carbocycles. The molecular formula is C11H15N5S. The van der Waals surface area contributed by atoms with Gasteiger partial charge in [0, 0.05) is 0 Å². The summed E-state index contributed by atoms with van der Waals surface area (Å²) in [5.41, 5.74) is 0.783. The molecule has 0 aromatic carbocycles. The van der Waals surface area contributed by atoms with Gasteiger partial charge in [0.05, 0.1) is 11.7 Å². The minimum absolute atomic E-state index is 0.0432. The molecule has 0 aliphatic rings. The third kappa shape index (κ3) is 2.97. The third-order valence-corrected chi connectivity index (χ3v) is 2.91. The molecule has 0 aliphatic heterocycles. The van der Waals surface area contributed by atoms with E-state index in [1.54, 1.807) is 0 Å². The van der Waals surface area contributed by atoms with Crippen LogP contribution in [0, 0.1) is 6.92 Å². The molecule has 0 N–H and O–H groups in total. The van der Waals surface area contributed by atoms with E-state index in [1.807, 2.05) is 30.0 Å². The lowest BCUT2D eigenvalue weighted by Crippen LogP contribution is -2.22. The molecule has 0 unspecified atom stereocenters. The minimum atomic E-state index is -0.0432. The average Bonchev–Trinajstić information content (AvgIpc) is 2.82. The van der Waals surface area contributed by atoms with Gasteiger partial charge in [-0.25, -0.2) is 9.67 Å². The quantitative estimate of drug-likeness (QED) is 0.820. The number of rotatable bonds is 2. The van der Waals surface area contributed by atoms with Crippen molar-refractivity contribution in [2.24, 2.45) is 0 Å². The highest BCUT2D eigenvalue weighted by molar-refractivity contribution is 7.06. The van der Waals surface area contributed by atoms with Crippen LogP contribution in [0.1, 0.15) is 37.3 Å². The van der Waals surface area contributed by atoms with E-state index in [-0.39, 0.29) is 5.54 Å². The second kappa shape index (κ2) is 4.37. The molecular weight excluding hydrogens is 234 g/mol. The molecule has 0 amide bonds. The second-order valence-corrected chi connectivity index (χ2v) is 5.56. The van der Waals surface area contributed by atoms with Crippen molar-refractivity contribution in [1.29, 1.82) is 0 Å². The second-order valence-electron chi connectivity index (χ2n) is 4.77. The van der Waals surface area contributed by atoms with E-state index in [1.165, 1.54) is 11.5 Å². The van der Waals surface area contributed by atoms with Crippen LogP contribution in [0.2, 0.25) is 0 Å². The van der Waals surface area contributed by atoms with Crippen molar-refractivity contribution in [3.8, 4) is 0 Å². The van der Waals surface area contributed by atoms with Gasteiger partial charge in [0.1, 0.15) is 16.5 Å². The first-order valence-electron chi connectivity index (χ1n) is 5.36. The van der Waals surface area contributed by atoms with E-state index in [0.717, 1.165) is 16.5 Å². The van der Waals surface area contributed by atoms with Crippen LogP contribution in [0.4, 0.5) is 0 Å². The first-order valence-corrected chi connectivity index (χ1v) is 6.14. The highest BCUT2D eigenvalue weighted by Crippen LogP contribution is 2.13. The van der Waals surface area contributed by atoms with Crippen molar-refractivity contribution >= 4 is 23.7 Å². The Kier molecular flexibility index (Phi) is 3.06. The van der Waals surface area contributed by atoms with Crippen LogP contribution >= 0.6 is 11.5 Å². The van der Waals surface area contributed by atoms with Gasteiger partial charge in [-0.3, -0.25) is 0 Å². The van der Waals surface area contributed by atoms with Gasteiger partial charge in [0.15, 0.2) is 0 Å². The van der Waals surface area contributed by atoms with Gasteiger partial charge < -0.3 is 0 Å². The SMILES string of the molecule is Cc1nsc(C=Cc2cn(C(C)(C)C)nn2)n1. The molecule has 6 heteroatoms. The Labute approximate surface area is 104 Å². The molecule has 2 rings (SSSR count). The van der Waals surface area contributed by atoms with Gasteiger partial charge in [-0.2, -0.15) is 4.37 Å². The Bertz CT molecular complexity index is 532. The standard InChI is InChI=1S/C11H15N5S/c1-8-12-10(17-14-8)6-5-9-7-16(15-13-9)11(2,3)4/h5-7H,1-4H3. The number of aromatic nitrogens is 5. The fourth-order valence-electron chi connectivity index (χ4n) is 1.22. The summed E-state index contributed by atoms with van der Waals surface area (Å²) in [6.07, 6.45) is 5.72. The van der Waals surface area contributed by atoms with E-state index in [0.29, 0.717) is 0 Å². The van der Waals surface area contributed by atoms with Crippen LogP contribution in [0.15, 0.2) is 6.20 Å². The summed E-state index contributed by atoms with van der Waals surface area (Å²) < 4.78 is 5.96. The first-order chi connectivity index (χ1) is 7.95. The number of aryl methyl sites for hydroxylation is 1. The summed E-state index contributed by atoms with van der Waals surface area (Å²) in [5.74, 6) is 0.799. The van der Waals surface area contributed by atoms with E-state index in [2.05, 4.69) is 40.4 Å². The van der Waals surface area contributed by atoms with E-state index < -0.39 is 0 Å². The molecule has 0 aliphatic carbocycles. The topological polar surface area (TPSA) is 56.5 Å². The lowest BCUT2D eigenvalue weighted by molar-refractivity contribution is 0.347. The Hall–Kier alpha value is -1.56. The molecule has 2 heterocycles. The molecule has 17 heavy (non-hydrogen) atoms. The zero-order valence-electron chi connectivity index (χ0n) is 10.4. The minimum Gasteiger partial charge on any atom is -0.247 e. The first kappa shape index (κ1) is 11.9. The average molecular weight is 249 g/mol. The van der Waals surface area contributed by atoms with Crippen LogP contribution < -0.4 is 0 Å². The molecule has 0 fully saturated rings. The highest BCUT2D eigenvalue weighted by Gasteiger charge is 2.14. The Morgan fingerprint density at radius 1 is 1.29 bits per heavy atom. The smallest absolute Gasteiger partial charge is 0.139 e. The largest absolute Gasteiger partial charge is 0.247 e. The molecule has 2 aromatic heterocycles. The molecule has 0 atom stereocenters. The lowest BCUT2D eigenvalue weighted by Gasteiger charge is -2.17. The Morgan fingerprint density at radius 2 is 2.06 bits per heavy atom. The fourth-order valence-corrected chi connectivity index (χ4v) is 1.79. The molecule has 0 radical (unpaired) electrons. The lowest BCUT2D eigenvalue weighted by atomic mass is 10.1. The molecule has 90 valence electrons. The van der Waals surface area contributed by atoms with Crippen LogP contribution in [0.3, 0.4) is 0 Å². The normalized spacial score (nSPS) is 12.5. The number of hydrogen-bond donors (Lipinski definition) is 0. The summed E-state index contributed by atoms with van der Waals surface area (Å²) in [5, 5.41) is 9.06. The maximum Gasteiger partial charge on any atom is 0.139 e. The number of nitrogens with zero attached hydrogens (tertiary/aromatic N) is 5. The van der Waals surface area contributed by atoms with E-state index >= 15 is 0 Å². The molecule has 5 nitrogen and oxygen atoms in total. The zero-order chi connectivity index (χ0) is 12.5. The van der Waals surface area contributed by atoms with Crippen LogP contribution in [0.25, 0.3) is 12.2 Å². The van der Waals surface area contributed by atoms with Gasteiger partial charge in [0.2, 0.25) is 0 Å². The van der Waals surface area contributed by atoms with Crippen molar-refractivity contribution < 1.29 is 0 Å². The summed E-state index contributed by atoms with van der Waals surface area (Å²) in [6.45, 7) is 8.14. The van der Waals surface area contributed by atoms with Crippen molar-refractivity contribution in [2.45, 2.75) is 33.2 Å². The number of hydrogen-bond acceptors (Lipinski definition) is 5. The zero-order valence-corrected chi connectivity index (χ0v) is 11.2. The molecule has 0 bridgehead atoms. The third-order valence-electron chi connectivity index (χ3n) is 2.14. The molecule has 0 spiro atoms. The van der Waals surface area contributed by atoms with Gasteiger partial charge in [0.25, 0.3) is 0 Å². The summed E-state index contributed by atoms with van der Waals surface area (Å²) in [4.78, 5) is 4.25. The predicted molar refractivity (Wildman–Crippen MR) is 68.6 cm³/mol.